The van der Waals surface area contributed by atoms with Gasteiger partial charge in [-0.3, -0.25) is 4.98 Å². The van der Waals surface area contributed by atoms with Gasteiger partial charge in [0.25, 0.3) is 0 Å². The predicted molar refractivity (Wildman–Crippen MR) is 76.2 cm³/mol. The van der Waals surface area contributed by atoms with E-state index >= 15 is 0 Å². The van der Waals surface area contributed by atoms with E-state index in [2.05, 4.69) is 11.9 Å². The summed E-state index contributed by atoms with van der Waals surface area (Å²) in [4.78, 5) is 16.3. The van der Waals surface area contributed by atoms with Crippen molar-refractivity contribution in [2.75, 3.05) is 5.75 Å². The van der Waals surface area contributed by atoms with E-state index < -0.39 is 5.97 Å². The molecule has 4 heteroatoms. The van der Waals surface area contributed by atoms with Crippen LogP contribution < -0.4 is 5.11 Å². The number of aliphatic carboxylic acids is 1. The molecule has 100 valence electrons. The lowest BCUT2D eigenvalue weighted by atomic mass is 10.1. The fourth-order valence-corrected chi connectivity index (χ4v) is 3.42. The third kappa shape index (κ3) is 3.07. The number of aryl methyl sites for hydroxylation is 1. The van der Waals surface area contributed by atoms with Crippen LogP contribution >= 0.6 is 11.8 Å². The largest absolute Gasteiger partial charge is 0.550 e. The lowest BCUT2D eigenvalue weighted by Crippen LogP contribution is -2.22. The first-order valence-electron chi connectivity index (χ1n) is 6.34. The molecular formula is C15H16NO2S-. The van der Waals surface area contributed by atoms with Crippen molar-refractivity contribution in [1.82, 2.24) is 4.98 Å². The normalized spacial score (nSPS) is 10.8. The number of carbonyl (C=O) groups is 1. The number of carboxylic acids is 1. The summed E-state index contributed by atoms with van der Waals surface area (Å²) in [7, 11) is 0. The lowest BCUT2D eigenvalue weighted by molar-refractivity contribution is -0.305. The summed E-state index contributed by atoms with van der Waals surface area (Å²) in [5.41, 5.74) is 3.20. The van der Waals surface area contributed by atoms with Crippen LogP contribution in [-0.4, -0.2) is 16.7 Å². The number of para-hydroxylation sites is 1. The topological polar surface area (TPSA) is 53.0 Å². The van der Waals surface area contributed by atoms with Gasteiger partial charge in [-0.25, -0.2) is 0 Å². The zero-order valence-electron chi connectivity index (χ0n) is 11.1. The maximum Gasteiger partial charge on any atom is 0.0716 e. The number of pyridine rings is 1. The molecule has 0 saturated heterocycles. The molecule has 3 nitrogen and oxygen atoms in total. The second kappa shape index (κ2) is 6.06. The van der Waals surface area contributed by atoms with E-state index in [1.165, 1.54) is 5.56 Å². The zero-order valence-corrected chi connectivity index (χ0v) is 11.9. The number of aromatic nitrogens is 1. The Morgan fingerprint density at radius 1 is 1.37 bits per heavy atom. The van der Waals surface area contributed by atoms with Crippen LogP contribution in [0.1, 0.15) is 24.6 Å². The van der Waals surface area contributed by atoms with Gasteiger partial charge in [0.15, 0.2) is 0 Å². The van der Waals surface area contributed by atoms with Gasteiger partial charge in [-0.05, 0) is 31.4 Å². The molecule has 19 heavy (non-hydrogen) atoms. The third-order valence-electron chi connectivity index (χ3n) is 3.05. The van der Waals surface area contributed by atoms with Gasteiger partial charge in [0.2, 0.25) is 0 Å². The average Bonchev–Trinajstić information content (AvgIpc) is 2.38. The first-order valence-corrected chi connectivity index (χ1v) is 7.33. The van der Waals surface area contributed by atoms with Crippen LogP contribution in [-0.2, 0) is 11.2 Å². The summed E-state index contributed by atoms with van der Waals surface area (Å²) in [5.74, 6) is -0.469. The number of hydrogen-bond donors (Lipinski definition) is 0. The van der Waals surface area contributed by atoms with E-state index in [0.717, 1.165) is 27.9 Å². The van der Waals surface area contributed by atoms with E-state index in [0.29, 0.717) is 5.75 Å². The molecule has 0 radical (unpaired) electrons. The fraction of sp³-hybridized carbons (Fsp3) is 0.333. The fourth-order valence-electron chi connectivity index (χ4n) is 2.16. The Kier molecular flexibility index (Phi) is 4.43. The third-order valence-corrected chi connectivity index (χ3v) is 4.22. The van der Waals surface area contributed by atoms with Crippen molar-refractivity contribution in [3.8, 4) is 0 Å². The Morgan fingerprint density at radius 2 is 2.11 bits per heavy atom. The molecule has 2 rings (SSSR count). The van der Waals surface area contributed by atoms with E-state index in [1.54, 1.807) is 11.8 Å². The standard InChI is InChI=1S/C15H17NO2S/c1-3-11-10(2)16-13-7-5-4-6-12(13)15(11)19-9-8-14(17)18/h4-7H,3,8-9H2,1-2H3,(H,17,18)/p-1. The minimum Gasteiger partial charge on any atom is -0.550 e. The first kappa shape index (κ1) is 13.9. The summed E-state index contributed by atoms with van der Waals surface area (Å²) >= 11 is 1.58. The lowest BCUT2D eigenvalue weighted by Gasteiger charge is -2.14. The Balaban J connectivity index is 2.45. The number of fused-ring (bicyclic) bond motifs is 1. The number of nitrogens with zero attached hydrogens (tertiary/aromatic N) is 1. The van der Waals surface area contributed by atoms with E-state index in [1.807, 2.05) is 31.2 Å². The second-order valence-corrected chi connectivity index (χ2v) is 5.45. The summed E-state index contributed by atoms with van der Waals surface area (Å²) < 4.78 is 0. The molecule has 0 saturated carbocycles. The number of thioether (sulfide) groups is 1. The molecule has 1 aromatic carbocycles. The first-order chi connectivity index (χ1) is 9.13. The smallest absolute Gasteiger partial charge is 0.0716 e. The summed E-state index contributed by atoms with van der Waals surface area (Å²) in [6.45, 7) is 4.11. The highest BCUT2D eigenvalue weighted by Gasteiger charge is 2.11. The predicted octanol–water partition coefficient (Wildman–Crippen LogP) is 2.34. The molecule has 0 N–H and O–H groups in total. The molecule has 0 unspecified atom stereocenters. The SMILES string of the molecule is CCc1c(C)nc2ccccc2c1SCCC(=O)[O-]. The van der Waals surface area contributed by atoms with Crippen LogP contribution in [0.2, 0.25) is 0 Å². The number of rotatable bonds is 5. The van der Waals surface area contributed by atoms with Gasteiger partial charge in [-0.1, -0.05) is 25.1 Å². The van der Waals surface area contributed by atoms with Gasteiger partial charge < -0.3 is 9.90 Å². The van der Waals surface area contributed by atoms with Gasteiger partial charge in [0, 0.05) is 27.7 Å². The van der Waals surface area contributed by atoms with Crippen molar-refractivity contribution >= 4 is 28.6 Å². The molecular weight excluding hydrogens is 258 g/mol. The molecule has 0 aliphatic rings. The number of hydrogen-bond acceptors (Lipinski definition) is 4. The van der Waals surface area contributed by atoms with Crippen molar-refractivity contribution in [3.05, 3.63) is 35.5 Å². The van der Waals surface area contributed by atoms with Crippen molar-refractivity contribution in [3.63, 3.8) is 0 Å². The minimum absolute atomic E-state index is 0.0729. The van der Waals surface area contributed by atoms with Crippen LogP contribution in [0.3, 0.4) is 0 Å². The number of carbonyl (C=O) groups excluding carboxylic acids is 1. The molecule has 1 aromatic heterocycles. The maximum absolute atomic E-state index is 10.5. The Labute approximate surface area is 117 Å². The summed E-state index contributed by atoms with van der Waals surface area (Å²) in [6, 6.07) is 7.99. The Morgan fingerprint density at radius 3 is 2.79 bits per heavy atom. The Hall–Kier alpha value is -1.55. The molecule has 0 atom stereocenters. The molecule has 0 aliphatic carbocycles. The molecule has 0 bridgehead atoms. The number of benzene rings is 1. The highest BCUT2D eigenvalue weighted by Crippen LogP contribution is 2.32. The van der Waals surface area contributed by atoms with Crippen LogP contribution in [0, 0.1) is 6.92 Å². The monoisotopic (exact) mass is 274 g/mol. The maximum atomic E-state index is 10.5. The summed E-state index contributed by atoms with van der Waals surface area (Å²) in [6.07, 6.45) is 0.973. The second-order valence-electron chi connectivity index (χ2n) is 4.35. The van der Waals surface area contributed by atoms with Crippen molar-refractivity contribution < 1.29 is 9.90 Å². The van der Waals surface area contributed by atoms with Crippen molar-refractivity contribution in [1.29, 1.82) is 0 Å². The van der Waals surface area contributed by atoms with Crippen LogP contribution in [0.4, 0.5) is 0 Å². The molecule has 2 aromatic rings. The number of carboxylic acid groups (broad SMARTS) is 1. The van der Waals surface area contributed by atoms with Gasteiger partial charge in [-0.2, -0.15) is 0 Å². The van der Waals surface area contributed by atoms with Gasteiger partial charge in [-0.15, -0.1) is 11.8 Å². The van der Waals surface area contributed by atoms with Crippen LogP contribution in [0.5, 0.6) is 0 Å². The van der Waals surface area contributed by atoms with Gasteiger partial charge in [0.05, 0.1) is 5.52 Å². The van der Waals surface area contributed by atoms with E-state index in [9.17, 15) is 9.90 Å². The quantitative estimate of drug-likeness (QED) is 0.785. The van der Waals surface area contributed by atoms with Gasteiger partial charge >= 0.3 is 0 Å². The van der Waals surface area contributed by atoms with Gasteiger partial charge in [0.1, 0.15) is 0 Å². The molecule has 0 spiro atoms. The Bertz CT molecular complexity index is 610. The molecule has 0 amide bonds. The van der Waals surface area contributed by atoms with Crippen LogP contribution in [0.15, 0.2) is 29.2 Å². The highest BCUT2D eigenvalue weighted by molar-refractivity contribution is 7.99. The molecule has 1 heterocycles. The zero-order chi connectivity index (χ0) is 13.8. The highest BCUT2D eigenvalue weighted by atomic mass is 32.2. The van der Waals surface area contributed by atoms with Crippen molar-refractivity contribution in [2.45, 2.75) is 31.6 Å². The minimum atomic E-state index is -0.999. The molecule has 0 fully saturated rings. The molecule has 0 aliphatic heterocycles. The average molecular weight is 274 g/mol. The van der Waals surface area contributed by atoms with Crippen molar-refractivity contribution in [2.24, 2.45) is 0 Å². The van der Waals surface area contributed by atoms with E-state index in [-0.39, 0.29) is 6.42 Å². The van der Waals surface area contributed by atoms with Crippen LogP contribution in [0.25, 0.3) is 10.9 Å². The summed E-state index contributed by atoms with van der Waals surface area (Å²) in [5, 5.41) is 11.6. The van der Waals surface area contributed by atoms with E-state index in [4.69, 9.17) is 0 Å².